The number of carbonyl (C=O) groups excluding carboxylic acids is 1. The maximum Gasteiger partial charge on any atom is 0.261 e. The summed E-state index contributed by atoms with van der Waals surface area (Å²) >= 11 is 0. The van der Waals surface area contributed by atoms with Crippen LogP contribution in [0.2, 0.25) is 0 Å². The number of nitrogens with one attached hydrogen (secondary N) is 1. The summed E-state index contributed by atoms with van der Waals surface area (Å²) in [5, 5.41) is 5.22. The summed E-state index contributed by atoms with van der Waals surface area (Å²) in [5.74, 6) is 2.00. The van der Waals surface area contributed by atoms with Crippen molar-refractivity contribution >= 4 is 16.7 Å². The number of methoxy groups -OCH3 is 1. The van der Waals surface area contributed by atoms with E-state index in [1.54, 1.807) is 14.0 Å². The van der Waals surface area contributed by atoms with Crippen molar-refractivity contribution in [3.05, 3.63) is 66.2 Å². The lowest BCUT2D eigenvalue weighted by Gasteiger charge is -2.38. The van der Waals surface area contributed by atoms with Gasteiger partial charge in [0.2, 0.25) is 0 Å². The van der Waals surface area contributed by atoms with Crippen LogP contribution in [0.4, 0.5) is 0 Å². The van der Waals surface area contributed by atoms with E-state index in [1.807, 2.05) is 74.5 Å². The molecule has 3 aromatic carbocycles. The van der Waals surface area contributed by atoms with Crippen LogP contribution in [0, 0.1) is 0 Å². The summed E-state index contributed by atoms with van der Waals surface area (Å²) in [5.41, 5.74) is 0.540. The molecule has 0 radical (unpaired) electrons. The fourth-order valence-corrected chi connectivity index (χ4v) is 3.92. The van der Waals surface area contributed by atoms with Gasteiger partial charge in [0.1, 0.15) is 22.8 Å². The van der Waals surface area contributed by atoms with Gasteiger partial charge in [0.15, 0.2) is 6.10 Å². The number of hydrogen-bond donors (Lipinski definition) is 1. The Morgan fingerprint density at radius 1 is 1.13 bits per heavy atom. The number of ether oxygens (including phenoxy) is 3. The normalized spacial score (nSPS) is 18.1. The molecular formula is C25H27NO4. The Bertz CT molecular complexity index is 1070. The zero-order valence-electron chi connectivity index (χ0n) is 17.8. The van der Waals surface area contributed by atoms with Gasteiger partial charge in [0, 0.05) is 23.4 Å². The number of benzene rings is 3. The Kier molecular flexibility index (Phi) is 5.29. The molecule has 0 aliphatic carbocycles. The van der Waals surface area contributed by atoms with E-state index in [9.17, 15) is 4.79 Å². The number of amides is 1. The van der Waals surface area contributed by atoms with Crippen molar-refractivity contribution in [2.45, 2.75) is 44.9 Å². The van der Waals surface area contributed by atoms with Gasteiger partial charge in [-0.1, -0.05) is 36.4 Å². The monoisotopic (exact) mass is 405 g/mol. The number of carbonyl (C=O) groups is 1. The first-order valence-electron chi connectivity index (χ1n) is 10.2. The Hall–Kier alpha value is -3.21. The molecule has 30 heavy (non-hydrogen) atoms. The van der Waals surface area contributed by atoms with Gasteiger partial charge < -0.3 is 19.5 Å². The van der Waals surface area contributed by atoms with Crippen molar-refractivity contribution < 1.29 is 19.0 Å². The van der Waals surface area contributed by atoms with Gasteiger partial charge >= 0.3 is 0 Å². The number of hydrogen-bond acceptors (Lipinski definition) is 4. The zero-order chi connectivity index (χ0) is 21.3. The van der Waals surface area contributed by atoms with Gasteiger partial charge in [-0.3, -0.25) is 4.79 Å². The average Bonchev–Trinajstić information content (AvgIpc) is 2.72. The van der Waals surface area contributed by atoms with E-state index in [1.165, 1.54) is 0 Å². The van der Waals surface area contributed by atoms with Crippen LogP contribution in [0.3, 0.4) is 0 Å². The molecule has 1 aliphatic rings. The van der Waals surface area contributed by atoms with Crippen LogP contribution in [0.1, 0.15) is 38.8 Å². The molecule has 5 nitrogen and oxygen atoms in total. The third-order valence-corrected chi connectivity index (χ3v) is 5.42. The van der Waals surface area contributed by atoms with Gasteiger partial charge in [-0.05, 0) is 44.4 Å². The second kappa shape index (κ2) is 7.90. The molecule has 0 bridgehead atoms. The van der Waals surface area contributed by atoms with Crippen LogP contribution < -0.4 is 19.5 Å². The van der Waals surface area contributed by atoms with Gasteiger partial charge in [0.25, 0.3) is 5.91 Å². The van der Waals surface area contributed by atoms with Crippen LogP contribution in [0.15, 0.2) is 60.7 Å². The largest absolute Gasteiger partial charge is 0.497 e. The summed E-state index contributed by atoms with van der Waals surface area (Å²) < 4.78 is 17.5. The van der Waals surface area contributed by atoms with Crippen LogP contribution in [-0.2, 0) is 4.79 Å². The minimum atomic E-state index is -0.636. The summed E-state index contributed by atoms with van der Waals surface area (Å²) in [6, 6.07) is 19.4. The highest BCUT2D eigenvalue weighted by atomic mass is 16.5. The predicted octanol–water partition coefficient (Wildman–Crippen LogP) is 5.03. The molecule has 0 unspecified atom stereocenters. The second-order valence-corrected chi connectivity index (χ2v) is 8.27. The van der Waals surface area contributed by atoms with E-state index in [-0.39, 0.29) is 11.9 Å². The fourth-order valence-electron chi connectivity index (χ4n) is 3.92. The Balaban J connectivity index is 1.53. The maximum absolute atomic E-state index is 13.0. The highest BCUT2D eigenvalue weighted by Gasteiger charge is 2.35. The van der Waals surface area contributed by atoms with Crippen LogP contribution >= 0.6 is 0 Å². The minimum absolute atomic E-state index is 0.160. The molecule has 3 aromatic rings. The standard InChI is InChI=1S/C25H27NO4/c1-16(29-22-11-7-9-17-8-5-6-10-19(17)22)24(27)26-21-15-25(2,3)30-23-14-18(28-4)12-13-20(21)23/h5-14,16,21H,15H2,1-4H3,(H,26,27)/t16-,21+/m1/s1. The van der Waals surface area contributed by atoms with Gasteiger partial charge in [-0.2, -0.15) is 0 Å². The lowest BCUT2D eigenvalue weighted by Crippen LogP contribution is -2.44. The predicted molar refractivity (Wildman–Crippen MR) is 117 cm³/mol. The van der Waals surface area contributed by atoms with Crippen molar-refractivity contribution in [3.63, 3.8) is 0 Å². The summed E-state index contributed by atoms with van der Waals surface area (Å²) in [4.78, 5) is 13.0. The molecule has 0 saturated carbocycles. The van der Waals surface area contributed by atoms with Crippen molar-refractivity contribution in [1.82, 2.24) is 5.32 Å². The van der Waals surface area contributed by atoms with Crippen LogP contribution in [-0.4, -0.2) is 24.7 Å². The first-order valence-corrected chi connectivity index (χ1v) is 10.2. The van der Waals surface area contributed by atoms with Crippen molar-refractivity contribution in [2.75, 3.05) is 7.11 Å². The third-order valence-electron chi connectivity index (χ3n) is 5.42. The summed E-state index contributed by atoms with van der Waals surface area (Å²) in [7, 11) is 1.63. The number of fused-ring (bicyclic) bond motifs is 2. The molecule has 1 aliphatic heterocycles. The molecule has 1 N–H and O–H groups in total. The second-order valence-electron chi connectivity index (χ2n) is 8.27. The fraction of sp³-hybridized carbons (Fsp3) is 0.320. The van der Waals surface area contributed by atoms with Crippen molar-refractivity contribution in [1.29, 1.82) is 0 Å². The lowest BCUT2D eigenvalue weighted by atomic mass is 9.89. The zero-order valence-corrected chi connectivity index (χ0v) is 17.8. The molecule has 0 fully saturated rings. The number of rotatable bonds is 5. The van der Waals surface area contributed by atoms with E-state index in [0.717, 1.165) is 27.8 Å². The molecular weight excluding hydrogens is 378 g/mol. The molecule has 1 heterocycles. The SMILES string of the molecule is COc1ccc2c(c1)OC(C)(C)C[C@@H]2NC(=O)[C@@H](C)Oc1cccc2ccccc12. The van der Waals surface area contributed by atoms with Crippen molar-refractivity contribution in [3.8, 4) is 17.2 Å². The Morgan fingerprint density at radius 3 is 2.70 bits per heavy atom. The molecule has 156 valence electrons. The van der Waals surface area contributed by atoms with Gasteiger partial charge in [0.05, 0.1) is 13.2 Å². The topological polar surface area (TPSA) is 56.8 Å². The Morgan fingerprint density at radius 2 is 1.90 bits per heavy atom. The van der Waals surface area contributed by atoms with Gasteiger partial charge in [-0.25, -0.2) is 0 Å². The maximum atomic E-state index is 13.0. The molecule has 0 saturated heterocycles. The molecule has 5 heteroatoms. The van der Waals surface area contributed by atoms with E-state index < -0.39 is 11.7 Å². The quantitative estimate of drug-likeness (QED) is 0.647. The van der Waals surface area contributed by atoms with Crippen LogP contribution in [0.25, 0.3) is 10.8 Å². The first kappa shape index (κ1) is 20.1. The van der Waals surface area contributed by atoms with E-state index in [2.05, 4.69) is 5.32 Å². The van der Waals surface area contributed by atoms with E-state index >= 15 is 0 Å². The minimum Gasteiger partial charge on any atom is -0.497 e. The summed E-state index contributed by atoms with van der Waals surface area (Å²) in [6.07, 6.45) is 0.0300. The smallest absolute Gasteiger partial charge is 0.261 e. The summed E-state index contributed by atoms with van der Waals surface area (Å²) in [6.45, 7) is 5.81. The molecule has 2 atom stereocenters. The van der Waals surface area contributed by atoms with Gasteiger partial charge in [-0.15, -0.1) is 0 Å². The van der Waals surface area contributed by atoms with E-state index in [4.69, 9.17) is 14.2 Å². The average molecular weight is 405 g/mol. The lowest BCUT2D eigenvalue weighted by molar-refractivity contribution is -0.128. The molecule has 0 aromatic heterocycles. The Labute approximate surface area is 177 Å². The highest BCUT2D eigenvalue weighted by Crippen LogP contribution is 2.41. The van der Waals surface area contributed by atoms with Crippen molar-refractivity contribution in [2.24, 2.45) is 0 Å². The first-order chi connectivity index (χ1) is 14.4. The highest BCUT2D eigenvalue weighted by molar-refractivity contribution is 5.89. The third kappa shape index (κ3) is 4.06. The van der Waals surface area contributed by atoms with Crippen LogP contribution in [0.5, 0.6) is 17.2 Å². The van der Waals surface area contributed by atoms with E-state index in [0.29, 0.717) is 12.2 Å². The molecule has 1 amide bonds. The molecule has 0 spiro atoms. The molecule has 4 rings (SSSR count).